The third-order valence-electron chi connectivity index (χ3n) is 1.74. The first-order chi connectivity index (χ1) is 5.27. The van der Waals surface area contributed by atoms with Gasteiger partial charge in [0.25, 0.3) is 0 Å². The number of nitrogen functional groups attached to an aromatic ring is 1. The molecule has 0 unspecified atom stereocenters. The van der Waals surface area contributed by atoms with Crippen molar-refractivity contribution in [3.63, 3.8) is 0 Å². The van der Waals surface area contributed by atoms with E-state index in [1.807, 2.05) is 35.9 Å². The average Bonchev–Trinajstić information content (AvgIpc) is 2.33. The summed E-state index contributed by atoms with van der Waals surface area (Å²) in [7, 11) is 0. The Labute approximate surface area is 88.8 Å². The van der Waals surface area contributed by atoms with Gasteiger partial charge in [0.1, 0.15) is 5.82 Å². The van der Waals surface area contributed by atoms with E-state index in [1.54, 1.807) is 0 Å². The van der Waals surface area contributed by atoms with E-state index >= 15 is 0 Å². The first-order valence-corrected chi connectivity index (χ1v) is 3.46. The Morgan fingerprint density at radius 1 is 1.31 bits per heavy atom. The molecule has 5 heteroatoms. The molecule has 0 aliphatic rings. The van der Waals surface area contributed by atoms with E-state index in [2.05, 4.69) is 4.98 Å². The van der Waals surface area contributed by atoms with Crippen molar-refractivity contribution in [3.8, 4) is 0 Å². The summed E-state index contributed by atoms with van der Waals surface area (Å²) in [4.78, 5) is 4.14. The topological polar surface area (TPSA) is 43.3 Å². The second-order valence-corrected chi connectivity index (χ2v) is 2.56. The third kappa shape index (κ3) is 2.05. The largest absolute Gasteiger partial charge is 0.398 e. The van der Waals surface area contributed by atoms with Gasteiger partial charge in [0.15, 0.2) is 0 Å². The number of imidazole rings is 1. The van der Waals surface area contributed by atoms with Crippen LogP contribution in [0.15, 0.2) is 24.5 Å². The number of aromatic nitrogens is 2. The number of pyridine rings is 1. The van der Waals surface area contributed by atoms with Gasteiger partial charge in [-0.25, -0.2) is 4.98 Å². The fourth-order valence-electron chi connectivity index (χ4n) is 1.14. The molecule has 0 amide bonds. The van der Waals surface area contributed by atoms with Crippen LogP contribution in [0.1, 0.15) is 5.82 Å². The molecule has 0 fully saturated rings. The molecule has 0 spiro atoms. The highest BCUT2D eigenvalue weighted by atomic mass is 35.5. The van der Waals surface area contributed by atoms with Gasteiger partial charge in [-0.1, -0.05) is 0 Å². The Morgan fingerprint density at radius 2 is 2.00 bits per heavy atom. The van der Waals surface area contributed by atoms with E-state index in [1.165, 1.54) is 0 Å². The number of anilines is 1. The third-order valence-corrected chi connectivity index (χ3v) is 1.74. The number of halogens is 2. The zero-order valence-electron chi connectivity index (χ0n) is 7.10. The van der Waals surface area contributed by atoms with E-state index in [0.717, 1.165) is 17.0 Å². The summed E-state index contributed by atoms with van der Waals surface area (Å²) in [6.45, 7) is 1.95. The number of fused-ring (bicyclic) bond motifs is 1. The van der Waals surface area contributed by atoms with Crippen LogP contribution in [0.5, 0.6) is 0 Å². The molecule has 2 heterocycles. The summed E-state index contributed by atoms with van der Waals surface area (Å²) < 4.78 is 1.97. The Hall–Kier alpha value is -0.930. The van der Waals surface area contributed by atoms with Crippen LogP contribution >= 0.6 is 24.8 Å². The molecule has 3 nitrogen and oxygen atoms in total. The zero-order valence-corrected chi connectivity index (χ0v) is 8.73. The molecule has 0 saturated carbocycles. The van der Waals surface area contributed by atoms with Gasteiger partial charge in [-0.3, -0.25) is 0 Å². The first-order valence-electron chi connectivity index (χ1n) is 3.46. The van der Waals surface area contributed by atoms with Gasteiger partial charge in [0.2, 0.25) is 0 Å². The second kappa shape index (κ2) is 4.35. The van der Waals surface area contributed by atoms with Crippen LogP contribution in [-0.2, 0) is 0 Å². The minimum atomic E-state index is 0. The number of hydrogen-bond donors (Lipinski definition) is 1. The van der Waals surface area contributed by atoms with Crippen LogP contribution in [-0.4, -0.2) is 9.38 Å². The molecule has 2 rings (SSSR count). The van der Waals surface area contributed by atoms with E-state index in [-0.39, 0.29) is 24.8 Å². The second-order valence-electron chi connectivity index (χ2n) is 2.56. The molecule has 0 saturated heterocycles. The van der Waals surface area contributed by atoms with Gasteiger partial charge in [-0.15, -0.1) is 24.8 Å². The fourth-order valence-corrected chi connectivity index (χ4v) is 1.14. The van der Waals surface area contributed by atoms with Gasteiger partial charge in [0, 0.05) is 11.9 Å². The molecule has 0 aliphatic heterocycles. The Bertz CT molecular complexity index is 397. The van der Waals surface area contributed by atoms with Crippen LogP contribution in [0.4, 0.5) is 5.69 Å². The van der Waals surface area contributed by atoms with E-state index in [0.29, 0.717) is 0 Å². The Morgan fingerprint density at radius 3 is 2.69 bits per heavy atom. The Balaban J connectivity index is 0.000000720. The van der Waals surface area contributed by atoms with Crippen LogP contribution in [0.3, 0.4) is 0 Å². The molecule has 2 aromatic heterocycles. The molecule has 0 aromatic carbocycles. The average molecular weight is 220 g/mol. The predicted molar refractivity (Wildman–Crippen MR) is 58.8 cm³/mol. The number of hydrogen-bond acceptors (Lipinski definition) is 2. The highest BCUT2D eigenvalue weighted by molar-refractivity contribution is 5.85. The first kappa shape index (κ1) is 12.1. The van der Waals surface area contributed by atoms with Crippen molar-refractivity contribution in [1.29, 1.82) is 0 Å². The molecule has 2 aromatic rings. The van der Waals surface area contributed by atoms with Crippen molar-refractivity contribution >= 4 is 36.0 Å². The number of rotatable bonds is 0. The minimum Gasteiger partial charge on any atom is -0.398 e. The molecule has 2 N–H and O–H groups in total. The maximum absolute atomic E-state index is 5.60. The maximum atomic E-state index is 5.60. The minimum absolute atomic E-state index is 0. The maximum Gasteiger partial charge on any atom is 0.110 e. The molecule has 0 bridgehead atoms. The fraction of sp³-hybridized carbons (Fsp3) is 0.125. The SMILES string of the molecule is Cc1ncc2ccc(N)cn12.Cl.Cl. The van der Waals surface area contributed by atoms with Crippen molar-refractivity contribution in [2.24, 2.45) is 0 Å². The van der Waals surface area contributed by atoms with E-state index in [9.17, 15) is 0 Å². The molecule has 0 radical (unpaired) electrons. The van der Waals surface area contributed by atoms with Gasteiger partial charge in [-0.2, -0.15) is 0 Å². The van der Waals surface area contributed by atoms with Crippen LogP contribution in [0.2, 0.25) is 0 Å². The van der Waals surface area contributed by atoms with E-state index < -0.39 is 0 Å². The Kier molecular flexibility index (Phi) is 4.04. The van der Waals surface area contributed by atoms with Crippen molar-refractivity contribution in [2.45, 2.75) is 6.92 Å². The van der Waals surface area contributed by atoms with Crippen LogP contribution < -0.4 is 5.73 Å². The van der Waals surface area contributed by atoms with Gasteiger partial charge >= 0.3 is 0 Å². The quantitative estimate of drug-likeness (QED) is 0.738. The monoisotopic (exact) mass is 219 g/mol. The molecular formula is C8H11Cl2N3. The van der Waals surface area contributed by atoms with Crippen molar-refractivity contribution in [1.82, 2.24) is 9.38 Å². The zero-order chi connectivity index (χ0) is 7.84. The number of nitrogens with zero attached hydrogens (tertiary/aromatic N) is 2. The smallest absolute Gasteiger partial charge is 0.110 e. The highest BCUT2D eigenvalue weighted by Crippen LogP contribution is 2.09. The molecular weight excluding hydrogens is 209 g/mol. The molecule has 0 aliphatic carbocycles. The number of aryl methyl sites for hydroxylation is 1. The van der Waals surface area contributed by atoms with Crippen molar-refractivity contribution < 1.29 is 0 Å². The highest BCUT2D eigenvalue weighted by Gasteiger charge is 1.96. The molecule has 13 heavy (non-hydrogen) atoms. The summed E-state index contributed by atoms with van der Waals surface area (Å²) in [5.74, 6) is 0.965. The van der Waals surface area contributed by atoms with Crippen LogP contribution in [0, 0.1) is 6.92 Å². The van der Waals surface area contributed by atoms with Gasteiger partial charge in [-0.05, 0) is 19.1 Å². The van der Waals surface area contributed by atoms with Gasteiger partial charge in [0.05, 0.1) is 11.7 Å². The van der Waals surface area contributed by atoms with E-state index in [4.69, 9.17) is 5.73 Å². The van der Waals surface area contributed by atoms with Gasteiger partial charge < -0.3 is 10.1 Å². The van der Waals surface area contributed by atoms with Crippen molar-refractivity contribution in [2.75, 3.05) is 5.73 Å². The normalized spacial score (nSPS) is 9.00. The summed E-state index contributed by atoms with van der Waals surface area (Å²) in [5.41, 5.74) is 7.45. The summed E-state index contributed by atoms with van der Waals surface area (Å²) in [6.07, 6.45) is 3.70. The van der Waals surface area contributed by atoms with Crippen molar-refractivity contribution in [3.05, 3.63) is 30.4 Å². The molecule has 0 atom stereocenters. The standard InChI is InChI=1S/C8H9N3.2ClH/c1-6-10-4-8-3-2-7(9)5-11(6)8;;/h2-5H,9H2,1H3;2*1H. The lowest BCUT2D eigenvalue weighted by Gasteiger charge is -1.96. The lowest BCUT2D eigenvalue weighted by Crippen LogP contribution is -1.91. The predicted octanol–water partition coefficient (Wildman–Crippen LogP) is 2.07. The summed E-state index contributed by atoms with van der Waals surface area (Å²) in [5, 5.41) is 0. The summed E-state index contributed by atoms with van der Waals surface area (Å²) >= 11 is 0. The number of nitrogens with two attached hydrogens (primary N) is 1. The summed E-state index contributed by atoms with van der Waals surface area (Å²) in [6, 6.07) is 3.83. The lowest BCUT2D eigenvalue weighted by atomic mass is 10.4. The molecule has 72 valence electrons. The van der Waals surface area contributed by atoms with Crippen LogP contribution in [0.25, 0.3) is 5.52 Å². The lowest BCUT2D eigenvalue weighted by molar-refractivity contribution is 1.05.